The number of nitrogens with zero attached hydrogens (tertiary/aromatic N) is 3. The Morgan fingerprint density at radius 1 is 1.04 bits per heavy atom. The molecule has 0 bridgehead atoms. The molecule has 0 aliphatic carbocycles. The molecular weight excluding hydrogens is 328 g/mol. The third kappa shape index (κ3) is 5.81. The van der Waals surface area contributed by atoms with Crippen molar-refractivity contribution in [1.29, 1.82) is 0 Å². The summed E-state index contributed by atoms with van der Waals surface area (Å²) in [5.74, 6) is 0.173. The van der Waals surface area contributed by atoms with Crippen molar-refractivity contribution in [1.82, 2.24) is 20.0 Å². The first-order valence-electron chi connectivity index (χ1n) is 9.27. The van der Waals surface area contributed by atoms with Gasteiger partial charge in [0.1, 0.15) is 0 Å². The molecule has 0 aromatic heterocycles. The summed E-state index contributed by atoms with van der Waals surface area (Å²) in [5, 5.41) is 3.09. The molecule has 0 radical (unpaired) electrons. The van der Waals surface area contributed by atoms with E-state index in [0.29, 0.717) is 13.1 Å². The fraction of sp³-hybridized carbons (Fsp3) is 0.600. The van der Waals surface area contributed by atoms with Crippen LogP contribution in [0, 0.1) is 13.8 Å². The van der Waals surface area contributed by atoms with E-state index >= 15 is 0 Å². The van der Waals surface area contributed by atoms with Crippen molar-refractivity contribution in [2.75, 3.05) is 53.4 Å². The number of carbonyl (C=O) groups excluding carboxylic acids is 2. The molecule has 1 aromatic carbocycles. The molecule has 0 unspecified atom stereocenters. The van der Waals surface area contributed by atoms with E-state index in [2.05, 4.69) is 47.2 Å². The van der Waals surface area contributed by atoms with E-state index in [1.54, 1.807) is 19.0 Å². The number of amides is 2. The number of hydrogen-bond donors (Lipinski definition) is 1. The Balaban J connectivity index is 1.76. The molecule has 1 saturated heterocycles. The second kappa shape index (κ2) is 9.14. The Labute approximate surface area is 157 Å². The maximum Gasteiger partial charge on any atom is 0.236 e. The van der Waals surface area contributed by atoms with Crippen molar-refractivity contribution in [2.45, 2.75) is 26.8 Å². The van der Waals surface area contributed by atoms with Gasteiger partial charge in [-0.1, -0.05) is 18.2 Å². The Hall–Kier alpha value is -1.92. The average Bonchev–Trinajstić information content (AvgIpc) is 2.58. The number of hydrogen-bond acceptors (Lipinski definition) is 4. The highest BCUT2D eigenvalue weighted by molar-refractivity contribution is 5.78. The third-order valence-electron chi connectivity index (χ3n) is 5.10. The van der Waals surface area contributed by atoms with Crippen molar-refractivity contribution in [3.05, 3.63) is 34.9 Å². The standard InChI is InChI=1S/C20H32N4O2/c1-15-6-7-18(12-16(15)2)17(3)21-19(25)13-23-8-10-24(11-9-23)14-20(26)22(4)5/h6-7,12,17H,8-11,13-14H2,1-5H3,(H,21,25)/t17-/m1/s1. The fourth-order valence-corrected chi connectivity index (χ4v) is 3.05. The molecule has 1 heterocycles. The molecule has 1 atom stereocenters. The molecule has 1 fully saturated rings. The van der Waals surface area contributed by atoms with Gasteiger partial charge in [0.15, 0.2) is 0 Å². The first-order chi connectivity index (χ1) is 12.3. The van der Waals surface area contributed by atoms with E-state index in [4.69, 9.17) is 0 Å². The van der Waals surface area contributed by atoms with Gasteiger partial charge in [0.05, 0.1) is 19.1 Å². The number of rotatable bonds is 6. The highest BCUT2D eigenvalue weighted by Gasteiger charge is 2.21. The van der Waals surface area contributed by atoms with Crippen molar-refractivity contribution in [2.24, 2.45) is 0 Å². The average molecular weight is 361 g/mol. The van der Waals surface area contributed by atoms with Crippen LogP contribution in [-0.4, -0.2) is 79.9 Å². The summed E-state index contributed by atoms with van der Waals surface area (Å²) < 4.78 is 0. The van der Waals surface area contributed by atoms with Gasteiger partial charge in [0.25, 0.3) is 0 Å². The highest BCUT2D eigenvalue weighted by Crippen LogP contribution is 2.16. The fourth-order valence-electron chi connectivity index (χ4n) is 3.05. The summed E-state index contributed by atoms with van der Waals surface area (Å²) >= 11 is 0. The van der Waals surface area contributed by atoms with Crippen molar-refractivity contribution >= 4 is 11.8 Å². The van der Waals surface area contributed by atoms with Gasteiger partial charge in [-0.15, -0.1) is 0 Å². The van der Waals surface area contributed by atoms with Crippen LogP contribution >= 0.6 is 0 Å². The molecule has 144 valence electrons. The van der Waals surface area contributed by atoms with E-state index in [-0.39, 0.29) is 17.9 Å². The summed E-state index contributed by atoms with van der Waals surface area (Å²) in [7, 11) is 3.55. The molecule has 1 aliphatic heterocycles. The van der Waals surface area contributed by atoms with Crippen molar-refractivity contribution in [3.63, 3.8) is 0 Å². The minimum Gasteiger partial charge on any atom is -0.348 e. The van der Waals surface area contributed by atoms with Crippen LogP contribution < -0.4 is 5.32 Å². The molecule has 2 rings (SSSR count). The zero-order valence-corrected chi connectivity index (χ0v) is 16.7. The minimum atomic E-state index is 0.000743. The van der Waals surface area contributed by atoms with E-state index in [1.165, 1.54) is 11.1 Å². The number of benzene rings is 1. The van der Waals surface area contributed by atoms with Gasteiger partial charge in [-0.25, -0.2) is 0 Å². The predicted molar refractivity (Wildman–Crippen MR) is 104 cm³/mol. The summed E-state index contributed by atoms with van der Waals surface area (Å²) in [4.78, 5) is 30.1. The molecular formula is C20H32N4O2. The Morgan fingerprint density at radius 2 is 1.62 bits per heavy atom. The largest absolute Gasteiger partial charge is 0.348 e. The van der Waals surface area contributed by atoms with Crippen LogP contribution in [0.4, 0.5) is 0 Å². The van der Waals surface area contributed by atoms with Crippen LogP contribution in [0.1, 0.15) is 29.7 Å². The molecule has 0 spiro atoms. The zero-order chi connectivity index (χ0) is 19.3. The normalized spacial score (nSPS) is 17.0. The van der Waals surface area contributed by atoms with Gasteiger partial charge in [0.2, 0.25) is 11.8 Å². The number of piperazine rings is 1. The summed E-state index contributed by atoms with van der Waals surface area (Å²) in [6.45, 7) is 10.3. The monoisotopic (exact) mass is 360 g/mol. The summed E-state index contributed by atoms with van der Waals surface area (Å²) in [5.41, 5.74) is 3.64. The van der Waals surface area contributed by atoms with Crippen LogP contribution in [0.3, 0.4) is 0 Å². The molecule has 6 heteroatoms. The Morgan fingerprint density at radius 3 is 2.15 bits per heavy atom. The molecule has 1 N–H and O–H groups in total. The van der Waals surface area contributed by atoms with Gasteiger partial charge < -0.3 is 10.2 Å². The van der Waals surface area contributed by atoms with E-state index in [0.717, 1.165) is 31.7 Å². The first-order valence-corrected chi connectivity index (χ1v) is 9.27. The van der Waals surface area contributed by atoms with E-state index < -0.39 is 0 Å². The maximum absolute atomic E-state index is 12.4. The van der Waals surface area contributed by atoms with E-state index in [9.17, 15) is 9.59 Å². The zero-order valence-electron chi connectivity index (χ0n) is 16.7. The molecule has 26 heavy (non-hydrogen) atoms. The SMILES string of the molecule is Cc1ccc([C@@H](C)NC(=O)CN2CCN(CC(=O)N(C)C)CC2)cc1C. The number of carbonyl (C=O) groups is 2. The molecule has 2 amide bonds. The highest BCUT2D eigenvalue weighted by atomic mass is 16.2. The Bertz CT molecular complexity index is 637. The number of likely N-dealkylation sites (N-methyl/N-ethyl adjacent to an activating group) is 1. The van der Waals surface area contributed by atoms with Crippen LogP contribution in [0.2, 0.25) is 0 Å². The predicted octanol–water partition coefficient (Wildman–Crippen LogP) is 1.19. The molecule has 6 nitrogen and oxygen atoms in total. The van der Waals surface area contributed by atoms with Gasteiger partial charge in [-0.2, -0.15) is 0 Å². The maximum atomic E-state index is 12.4. The van der Waals surface area contributed by atoms with Crippen molar-refractivity contribution < 1.29 is 9.59 Å². The van der Waals surface area contributed by atoms with Crippen LogP contribution in [-0.2, 0) is 9.59 Å². The topological polar surface area (TPSA) is 55.9 Å². The quantitative estimate of drug-likeness (QED) is 0.828. The third-order valence-corrected chi connectivity index (χ3v) is 5.10. The lowest BCUT2D eigenvalue weighted by molar-refractivity contribution is -0.131. The van der Waals surface area contributed by atoms with Gasteiger partial charge in [0, 0.05) is 40.3 Å². The van der Waals surface area contributed by atoms with Gasteiger partial charge in [-0.05, 0) is 37.5 Å². The van der Waals surface area contributed by atoms with Gasteiger partial charge in [-0.3, -0.25) is 19.4 Å². The summed E-state index contributed by atoms with van der Waals surface area (Å²) in [6, 6.07) is 6.32. The number of aryl methyl sites for hydroxylation is 2. The summed E-state index contributed by atoms with van der Waals surface area (Å²) in [6.07, 6.45) is 0. The molecule has 1 aliphatic rings. The lowest BCUT2D eigenvalue weighted by Gasteiger charge is -2.34. The van der Waals surface area contributed by atoms with E-state index in [1.807, 2.05) is 6.92 Å². The van der Waals surface area contributed by atoms with Crippen LogP contribution in [0.5, 0.6) is 0 Å². The lowest BCUT2D eigenvalue weighted by Crippen LogP contribution is -2.51. The lowest BCUT2D eigenvalue weighted by atomic mass is 10.0. The second-order valence-electron chi connectivity index (χ2n) is 7.47. The first kappa shape index (κ1) is 20.4. The Kier molecular flexibility index (Phi) is 7.17. The minimum absolute atomic E-state index is 0.000743. The molecule has 1 aromatic rings. The molecule has 0 saturated carbocycles. The van der Waals surface area contributed by atoms with Crippen LogP contribution in [0.15, 0.2) is 18.2 Å². The van der Waals surface area contributed by atoms with Crippen molar-refractivity contribution in [3.8, 4) is 0 Å². The van der Waals surface area contributed by atoms with Gasteiger partial charge >= 0.3 is 0 Å². The number of nitrogens with one attached hydrogen (secondary N) is 1. The smallest absolute Gasteiger partial charge is 0.236 e. The van der Waals surface area contributed by atoms with Crippen LogP contribution in [0.25, 0.3) is 0 Å². The second-order valence-corrected chi connectivity index (χ2v) is 7.47.